The summed E-state index contributed by atoms with van der Waals surface area (Å²) in [6, 6.07) is 2.15. The number of hydrazine groups is 1. The fraction of sp³-hybridized carbons (Fsp3) is 0.500. The van der Waals surface area contributed by atoms with Gasteiger partial charge in [0.2, 0.25) is 0 Å². The zero-order valence-electron chi connectivity index (χ0n) is 9.89. The Morgan fingerprint density at radius 1 is 1.20 bits per heavy atom. The lowest BCUT2D eigenvalue weighted by atomic mass is 9.91. The third-order valence-electron chi connectivity index (χ3n) is 3.07. The maximum atomic E-state index is 9.99. The van der Waals surface area contributed by atoms with Crippen LogP contribution in [0.1, 0.15) is 33.9 Å². The predicted octanol–water partition coefficient (Wildman–Crippen LogP) is 1.42. The number of aliphatic hydroxyl groups excluding tert-OH is 1. The molecule has 1 aromatic rings. The molecule has 0 fully saturated rings. The second kappa shape index (κ2) is 4.75. The molecule has 0 saturated carbocycles. The van der Waals surface area contributed by atoms with Crippen LogP contribution in [0.25, 0.3) is 0 Å². The number of rotatable bonds is 3. The summed E-state index contributed by atoms with van der Waals surface area (Å²) < 4.78 is 0. The molecule has 0 aliphatic carbocycles. The van der Waals surface area contributed by atoms with E-state index < -0.39 is 6.10 Å². The topological polar surface area (TPSA) is 58.3 Å². The van der Waals surface area contributed by atoms with E-state index in [2.05, 4.69) is 25.3 Å². The minimum absolute atomic E-state index is 0.380. The van der Waals surface area contributed by atoms with E-state index in [1.54, 1.807) is 0 Å². The highest BCUT2D eigenvalue weighted by Gasteiger charge is 2.15. The van der Waals surface area contributed by atoms with Gasteiger partial charge in [-0.2, -0.15) is 0 Å². The van der Waals surface area contributed by atoms with Gasteiger partial charge in [0.05, 0.1) is 6.10 Å². The number of aliphatic hydroxyl groups is 1. The first kappa shape index (κ1) is 12.2. The van der Waals surface area contributed by atoms with Gasteiger partial charge in [0, 0.05) is 6.54 Å². The van der Waals surface area contributed by atoms with Crippen molar-refractivity contribution in [2.75, 3.05) is 6.54 Å². The Morgan fingerprint density at radius 2 is 1.67 bits per heavy atom. The van der Waals surface area contributed by atoms with E-state index in [1.807, 2.05) is 13.8 Å². The van der Waals surface area contributed by atoms with E-state index in [-0.39, 0.29) is 0 Å². The molecule has 3 nitrogen and oxygen atoms in total. The van der Waals surface area contributed by atoms with Crippen LogP contribution in [0.2, 0.25) is 0 Å². The van der Waals surface area contributed by atoms with E-state index in [0.717, 1.165) is 16.7 Å². The molecule has 0 amide bonds. The molecule has 0 bridgehead atoms. The van der Waals surface area contributed by atoms with Crippen molar-refractivity contribution in [1.82, 2.24) is 5.43 Å². The smallest absolute Gasteiger partial charge is 0.0933 e. The standard InChI is InChI=1S/C12H20N2O/c1-7-5-8(2)10(4)12(9(7)3)11(15)6-14-13/h5,11,14-15H,6,13H2,1-4H3. The largest absolute Gasteiger partial charge is 0.387 e. The average Bonchev–Trinajstić information content (AvgIpc) is 2.16. The molecule has 84 valence electrons. The Labute approximate surface area is 91.3 Å². The SMILES string of the molecule is Cc1cc(C)c(C)c(C(O)CNN)c1C. The van der Waals surface area contributed by atoms with Gasteiger partial charge < -0.3 is 5.11 Å². The van der Waals surface area contributed by atoms with Gasteiger partial charge in [-0.1, -0.05) is 6.07 Å². The van der Waals surface area contributed by atoms with E-state index in [4.69, 9.17) is 5.84 Å². The van der Waals surface area contributed by atoms with Crippen molar-refractivity contribution in [2.45, 2.75) is 33.8 Å². The maximum absolute atomic E-state index is 9.99. The molecule has 1 atom stereocenters. The van der Waals surface area contributed by atoms with Crippen molar-refractivity contribution >= 4 is 0 Å². The second-order valence-electron chi connectivity index (χ2n) is 4.10. The van der Waals surface area contributed by atoms with Gasteiger partial charge >= 0.3 is 0 Å². The van der Waals surface area contributed by atoms with Crippen molar-refractivity contribution in [3.8, 4) is 0 Å². The number of benzene rings is 1. The van der Waals surface area contributed by atoms with Gasteiger partial charge in [-0.25, -0.2) is 0 Å². The monoisotopic (exact) mass is 208 g/mol. The normalized spacial score (nSPS) is 12.9. The quantitative estimate of drug-likeness (QED) is 0.520. The summed E-state index contributed by atoms with van der Waals surface area (Å²) in [7, 11) is 0. The highest BCUT2D eigenvalue weighted by Crippen LogP contribution is 2.26. The summed E-state index contributed by atoms with van der Waals surface area (Å²) in [4.78, 5) is 0. The number of hydrogen-bond acceptors (Lipinski definition) is 3. The Balaban J connectivity index is 3.26. The van der Waals surface area contributed by atoms with E-state index in [0.29, 0.717) is 6.54 Å². The summed E-state index contributed by atoms with van der Waals surface area (Å²) in [5, 5.41) is 9.99. The van der Waals surface area contributed by atoms with Gasteiger partial charge in [0.25, 0.3) is 0 Å². The van der Waals surface area contributed by atoms with E-state index in [1.165, 1.54) is 11.1 Å². The lowest BCUT2D eigenvalue weighted by Gasteiger charge is -2.19. The van der Waals surface area contributed by atoms with Crippen LogP contribution in [-0.2, 0) is 0 Å². The molecule has 4 N–H and O–H groups in total. The lowest BCUT2D eigenvalue weighted by Crippen LogP contribution is -2.28. The third-order valence-corrected chi connectivity index (χ3v) is 3.07. The van der Waals surface area contributed by atoms with Crippen LogP contribution in [0.4, 0.5) is 0 Å². The molecule has 0 spiro atoms. The molecule has 0 heterocycles. The highest BCUT2D eigenvalue weighted by molar-refractivity contribution is 5.45. The predicted molar refractivity (Wildman–Crippen MR) is 62.5 cm³/mol. The zero-order valence-corrected chi connectivity index (χ0v) is 9.89. The first-order valence-electron chi connectivity index (χ1n) is 5.17. The van der Waals surface area contributed by atoms with Crippen LogP contribution in [-0.4, -0.2) is 11.7 Å². The Bertz CT molecular complexity index is 335. The van der Waals surface area contributed by atoms with Gasteiger partial charge in [-0.05, 0) is 55.5 Å². The Hall–Kier alpha value is -0.900. The van der Waals surface area contributed by atoms with Crippen molar-refractivity contribution in [3.05, 3.63) is 33.9 Å². The van der Waals surface area contributed by atoms with Gasteiger partial charge in [0.15, 0.2) is 0 Å². The van der Waals surface area contributed by atoms with Crippen LogP contribution in [0.3, 0.4) is 0 Å². The second-order valence-corrected chi connectivity index (χ2v) is 4.10. The van der Waals surface area contributed by atoms with Gasteiger partial charge in [-0.15, -0.1) is 0 Å². The summed E-state index contributed by atoms with van der Waals surface area (Å²) >= 11 is 0. The third kappa shape index (κ3) is 2.37. The zero-order chi connectivity index (χ0) is 11.6. The van der Waals surface area contributed by atoms with Crippen LogP contribution in [0, 0.1) is 27.7 Å². The molecule has 3 heteroatoms. The van der Waals surface area contributed by atoms with Crippen molar-refractivity contribution in [1.29, 1.82) is 0 Å². The molecule has 0 aliphatic heterocycles. The lowest BCUT2D eigenvalue weighted by molar-refractivity contribution is 0.173. The molecule has 1 rings (SSSR count). The van der Waals surface area contributed by atoms with E-state index >= 15 is 0 Å². The molecule has 15 heavy (non-hydrogen) atoms. The average molecular weight is 208 g/mol. The molecule has 0 radical (unpaired) electrons. The van der Waals surface area contributed by atoms with Gasteiger partial charge in [0.1, 0.15) is 0 Å². The highest BCUT2D eigenvalue weighted by atomic mass is 16.3. The Morgan fingerprint density at radius 3 is 2.07 bits per heavy atom. The van der Waals surface area contributed by atoms with Crippen LogP contribution < -0.4 is 11.3 Å². The molecule has 1 aromatic carbocycles. The van der Waals surface area contributed by atoms with Crippen LogP contribution in [0.5, 0.6) is 0 Å². The minimum Gasteiger partial charge on any atom is -0.387 e. The van der Waals surface area contributed by atoms with Crippen molar-refractivity contribution in [2.24, 2.45) is 5.84 Å². The summed E-state index contributed by atoms with van der Waals surface area (Å²) in [5.41, 5.74) is 8.25. The molecular formula is C12H20N2O. The number of hydrogen-bond donors (Lipinski definition) is 3. The molecular weight excluding hydrogens is 188 g/mol. The molecule has 1 unspecified atom stereocenters. The first-order valence-corrected chi connectivity index (χ1v) is 5.17. The molecule has 0 aromatic heterocycles. The number of nitrogens with one attached hydrogen (secondary N) is 1. The van der Waals surface area contributed by atoms with Gasteiger partial charge in [-0.3, -0.25) is 11.3 Å². The summed E-state index contributed by atoms with van der Waals surface area (Å²) in [6.45, 7) is 8.58. The van der Waals surface area contributed by atoms with Crippen molar-refractivity contribution < 1.29 is 5.11 Å². The molecule has 0 aliphatic rings. The van der Waals surface area contributed by atoms with Crippen LogP contribution in [0.15, 0.2) is 6.07 Å². The Kier molecular flexibility index (Phi) is 3.85. The number of nitrogens with two attached hydrogens (primary N) is 1. The van der Waals surface area contributed by atoms with Crippen molar-refractivity contribution in [3.63, 3.8) is 0 Å². The van der Waals surface area contributed by atoms with E-state index in [9.17, 15) is 5.11 Å². The fourth-order valence-electron chi connectivity index (χ4n) is 1.96. The first-order chi connectivity index (χ1) is 6.99. The minimum atomic E-state index is -0.534. The summed E-state index contributed by atoms with van der Waals surface area (Å²) in [5.74, 6) is 5.23. The number of aryl methyl sites for hydroxylation is 2. The fourth-order valence-corrected chi connectivity index (χ4v) is 1.96. The molecule has 0 saturated heterocycles. The van der Waals surface area contributed by atoms with Crippen LogP contribution >= 0.6 is 0 Å². The summed E-state index contributed by atoms with van der Waals surface area (Å²) in [6.07, 6.45) is -0.534. The maximum Gasteiger partial charge on any atom is 0.0933 e.